The first-order valence-corrected chi connectivity index (χ1v) is 8.93. The van der Waals surface area contributed by atoms with Crippen LogP contribution < -0.4 is 10.6 Å². The highest BCUT2D eigenvalue weighted by Crippen LogP contribution is 2.37. The second kappa shape index (κ2) is 7.45. The molecule has 2 aromatic rings. The fraction of sp³-hybridized carbons (Fsp3) is 0.333. The van der Waals surface area contributed by atoms with Gasteiger partial charge in [0.15, 0.2) is 10.8 Å². The minimum atomic E-state index is -0.413. The van der Waals surface area contributed by atoms with Gasteiger partial charge in [-0.3, -0.25) is 4.79 Å². The molecule has 0 radical (unpaired) electrons. The maximum atomic E-state index is 12.1. The summed E-state index contributed by atoms with van der Waals surface area (Å²) in [6, 6.07) is 7.54. The van der Waals surface area contributed by atoms with Crippen LogP contribution in [0.4, 0.5) is 16.5 Å². The van der Waals surface area contributed by atoms with Crippen molar-refractivity contribution in [2.45, 2.75) is 38.3 Å². The van der Waals surface area contributed by atoms with Crippen LogP contribution in [0.25, 0.3) is 0 Å². The lowest BCUT2D eigenvalue weighted by molar-refractivity contribution is -0.116. The third-order valence-electron chi connectivity index (χ3n) is 3.84. The number of hydrogen-bond donors (Lipinski definition) is 2. The van der Waals surface area contributed by atoms with E-state index >= 15 is 0 Å². The summed E-state index contributed by atoms with van der Waals surface area (Å²) in [5.41, 5.74) is 2.26. The van der Waals surface area contributed by atoms with E-state index in [1.165, 1.54) is 0 Å². The Balaban J connectivity index is 1.46. The molecule has 6 nitrogen and oxygen atoms in total. The number of nitrogens with one attached hydrogen (secondary N) is 2. The van der Waals surface area contributed by atoms with Crippen molar-refractivity contribution >= 4 is 33.8 Å². The minimum Gasteiger partial charge on any atom is -0.332 e. The number of thiazole rings is 1. The Kier molecular flexibility index (Phi) is 5.10. The van der Waals surface area contributed by atoms with Crippen LogP contribution in [0.15, 0.2) is 39.9 Å². The van der Waals surface area contributed by atoms with Crippen LogP contribution in [0.3, 0.4) is 0 Å². The fourth-order valence-electron chi connectivity index (χ4n) is 2.38. The number of rotatable bonds is 8. The van der Waals surface area contributed by atoms with Gasteiger partial charge in [0.25, 0.3) is 0 Å². The number of anilines is 3. The van der Waals surface area contributed by atoms with E-state index in [2.05, 4.69) is 31.8 Å². The Morgan fingerprint density at radius 1 is 1.24 bits per heavy atom. The number of carbonyl (C=O) groups is 1. The number of benzene rings is 1. The number of terminal acetylenes is 1. The zero-order valence-electron chi connectivity index (χ0n) is 14.0. The maximum Gasteiger partial charge on any atom is 0.224 e. The Hall–Kier alpha value is -2.72. The Labute approximate surface area is 150 Å². The van der Waals surface area contributed by atoms with Crippen molar-refractivity contribution in [1.82, 2.24) is 4.98 Å². The molecule has 1 aliphatic rings. The van der Waals surface area contributed by atoms with Gasteiger partial charge in [0.05, 0.1) is 5.69 Å². The molecule has 0 spiro atoms. The Bertz CT molecular complexity index is 813. The molecule has 7 heteroatoms. The molecule has 0 atom stereocenters. The van der Waals surface area contributed by atoms with E-state index in [9.17, 15) is 4.79 Å². The first-order valence-electron chi connectivity index (χ1n) is 8.05. The summed E-state index contributed by atoms with van der Waals surface area (Å²) >= 11 is 1.56. The molecule has 2 heterocycles. The van der Waals surface area contributed by atoms with Gasteiger partial charge in [-0.2, -0.15) is 10.2 Å². The predicted octanol–water partition coefficient (Wildman–Crippen LogP) is 4.49. The van der Waals surface area contributed by atoms with E-state index < -0.39 is 5.66 Å². The lowest BCUT2D eigenvalue weighted by Crippen LogP contribution is -2.17. The molecular formula is C18H19N5OS. The molecule has 3 rings (SSSR count). The van der Waals surface area contributed by atoms with E-state index in [1.807, 2.05) is 36.6 Å². The largest absolute Gasteiger partial charge is 0.332 e. The molecule has 0 unspecified atom stereocenters. The van der Waals surface area contributed by atoms with E-state index in [1.54, 1.807) is 11.3 Å². The predicted molar refractivity (Wildman–Crippen MR) is 100 cm³/mol. The van der Waals surface area contributed by atoms with Crippen molar-refractivity contribution in [3.63, 3.8) is 0 Å². The maximum absolute atomic E-state index is 12.1. The monoisotopic (exact) mass is 353 g/mol. The Morgan fingerprint density at radius 2 is 1.96 bits per heavy atom. The fourth-order valence-corrected chi connectivity index (χ4v) is 3.09. The molecule has 25 heavy (non-hydrogen) atoms. The third-order valence-corrected chi connectivity index (χ3v) is 4.72. The Morgan fingerprint density at radius 3 is 2.56 bits per heavy atom. The lowest BCUT2D eigenvalue weighted by Gasteiger charge is -2.10. The number of nitrogens with zero attached hydrogens (tertiary/aromatic N) is 3. The molecular weight excluding hydrogens is 334 g/mol. The highest BCUT2D eigenvalue weighted by molar-refractivity contribution is 7.13. The topological polar surface area (TPSA) is 78.7 Å². The molecule has 0 saturated heterocycles. The van der Waals surface area contributed by atoms with Crippen LogP contribution in [0.1, 0.15) is 31.4 Å². The van der Waals surface area contributed by atoms with Crippen LogP contribution in [0, 0.1) is 19.3 Å². The quantitative estimate of drug-likeness (QED) is 0.686. The molecule has 0 aliphatic carbocycles. The SMILES string of the molecule is C#CCCC1(CCC(=O)Nc2ccc(Nc3nc(C)cs3)cc2)N=N1. The van der Waals surface area contributed by atoms with Crippen molar-refractivity contribution in [3.05, 3.63) is 35.3 Å². The second-order valence-corrected chi connectivity index (χ2v) is 6.79. The molecule has 1 aromatic carbocycles. The van der Waals surface area contributed by atoms with Crippen molar-refractivity contribution in [3.8, 4) is 12.3 Å². The number of aryl methyl sites for hydroxylation is 1. The van der Waals surface area contributed by atoms with Crippen LogP contribution in [-0.2, 0) is 4.79 Å². The number of amides is 1. The average molecular weight is 353 g/mol. The smallest absolute Gasteiger partial charge is 0.224 e. The second-order valence-electron chi connectivity index (χ2n) is 5.93. The summed E-state index contributed by atoms with van der Waals surface area (Å²) < 4.78 is 0. The number of carbonyl (C=O) groups excluding carboxylic acids is 1. The van der Waals surface area contributed by atoms with Gasteiger partial charge in [-0.1, -0.05) is 0 Å². The van der Waals surface area contributed by atoms with Crippen LogP contribution in [0.5, 0.6) is 0 Å². The molecule has 2 N–H and O–H groups in total. The van der Waals surface area contributed by atoms with Gasteiger partial charge in [-0.25, -0.2) is 4.98 Å². The molecule has 0 saturated carbocycles. The van der Waals surface area contributed by atoms with Gasteiger partial charge in [0.2, 0.25) is 5.91 Å². The zero-order chi connectivity index (χ0) is 17.7. The molecule has 1 aliphatic heterocycles. The van der Waals surface area contributed by atoms with Crippen LogP contribution >= 0.6 is 11.3 Å². The number of aromatic nitrogens is 1. The molecule has 1 amide bonds. The first kappa shape index (κ1) is 17.1. The van der Waals surface area contributed by atoms with Gasteiger partial charge in [0, 0.05) is 42.4 Å². The summed E-state index contributed by atoms with van der Waals surface area (Å²) in [5.74, 6) is 2.54. The van der Waals surface area contributed by atoms with Crippen LogP contribution in [-0.4, -0.2) is 16.6 Å². The lowest BCUT2D eigenvalue weighted by atomic mass is 10.0. The summed E-state index contributed by atoms with van der Waals surface area (Å²) in [7, 11) is 0. The van der Waals surface area contributed by atoms with E-state index in [-0.39, 0.29) is 5.91 Å². The zero-order valence-corrected chi connectivity index (χ0v) is 14.8. The van der Waals surface area contributed by atoms with E-state index in [4.69, 9.17) is 6.42 Å². The normalized spacial score (nSPS) is 13.9. The van der Waals surface area contributed by atoms with Crippen molar-refractivity contribution in [2.75, 3.05) is 10.6 Å². The van der Waals surface area contributed by atoms with Gasteiger partial charge < -0.3 is 10.6 Å². The summed E-state index contributed by atoms with van der Waals surface area (Å²) in [6.07, 6.45) is 7.58. The minimum absolute atomic E-state index is 0.0476. The van der Waals surface area contributed by atoms with Gasteiger partial charge >= 0.3 is 0 Å². The van der Waals surface area contributed by atoms with Gasteiger partial charge in [-0.15, -0.1) is 23.7 Å². The standard InChI is InChI=1S/C18H19N5OS/c1-3-4-10-18(22-23-18)11-9-16(24)20-14-5-7-15(8-6-14)21-17-19-13(2)12-25-17/h1,5-8,12H,4,9-11H2,2H3,(H,19,21)(H,20,24). The molecule has 0 bridgehead atoms. The summed E-state index contributed by atoms with van der Waals surface area (Å²) in [5, 5.41) is 17.0. The summed E-state index contributed by atoms with van der Waals surface area (Å²) in [4.78, 5) is 16.4. The molecule has 0 fully saturated rings. The van der Waals surface area contributed by atoms with Crippen molar-refractivity contribution in [2.24, 2.45) is 10.2 Å². The first-order chi connectivity index (χ1) is 12.1. The van der Waals surface area contributed by atoms with Gasteiger partial charge in [-0.05, 0) is 31.2 Å². The van der Waals surface area contributed by atoms with Crippen molar-refractivity contribution in [1.29, 1.82) is 0 Å². The molecule has 128 valence electrons. The van der Waals surface area contributed by atoms with Crippen molar-refractivity contribution < 1.29 is 4.79 Å². The van der Waals surface area contributed by atoms with Crippen LogP contribution in [0.2, 0.25) is 0 Å². The van der Waals surface area contributed by atoms with Gasteiger partial charge in [0.1, 0.15) is 0 Å². The van der Waals surface area contributed by atoms with E-state index in [0.29, 0.717) is 25.7 Å². The third kappa shape index (κ3) is 4.88. The van der Waals surface area contributed by atoms with E-state index in [0.717, 1.165) is 22.2 Å². The number of hydrogen-bond acceptors (Lipinski definition) is 6. The highest BCUT2D eigenvalue weighted by Gasteiger charge is 2.39. The summed E-state index contributed by atoms with van der Waals surface area (Å²) in [6.45, 7) is 1.96. The molecule has 1 aromatic heterocycles. The average Bonchev–Trinajstić information content (AvgIpc) is 3.27. The highest BCUT2D eigenvalue weighted by atomic mass is 32.1.